The van der Waals surface area contributed by atoms with Gasteiger partial charge in [-0.25, -0.2) is 23.3 Å². The number of aliphatic hydroxyl groups excluding tert-OH is 2. The van der Waals surface area contributed by atoms with Crippen LogP contribution in [0.1, 0.15) is 25.7 Å². The Morgan fingerprint density at radius 3 is 1.42 bits per heavy atom. The van der Waals surface area contributed by atoms with E-state index in [1.54, 1.807) is 0 Å². The molecule has 0 radical (unpaired) electrons. The van der Waals surface area contributed by atoms with Crippen molar-refractivity contribution in [2.75, 3.05) is 13.2 Å². The fourth-order valence-electron chi connectivity index (χ4n) is 1.48. The molecule has 2 aliphatic carbocycles. The summed E-state index contributed by atoms with van der Waals surface area (Å²) in [4.78, 5) is 0. The molecule has 19 heavy (non-hydrogen) atoms. The smallest absolute Gasteiger partial charge is 0.396 e. The molecule has 0 aromatic rings. The largest absolute Gasteiger partial charge is 2.00 e. The predicted octanol–water partition coefficient (Wildman–Crippen LogP) is 2.96. The molecule has 2 aliphatic rings. The van der Waals surface area contributed by atoms with Crippen LogP contribution in [0.4, 0.5) is 0 Å². The Labute approximate surface area is 147 Å². The number of hydrogen-bond acceptors (Lipinski definition) is 2. The Morgan fingerprint density at radius 1 is 0.842 bits per heavy atom. The average Bonchev–Trinajstić information content (AvgIpc) is 2.92. The zero-order chi connectivity index (χ0) is 11.6. The van der Waals surface area contributed by atoms with Crippen molar-refractivity contribution in [3.63, 3.8) is 0 Å². The second kappa shape index (κ2) is 16.4. The molecule has 0 fully saturated rings. The van der Waals surface area contributed by atoms with Crippen molar-refractivity contribution in [1.29, 1.82) is 0 Å². The van der Waals surface area contributed by atoms with Crippen molar-refractivity contribution < 1.29 is 36.4 Å². The van der Waals surface area contributed by atoms with E-state index in [2.05, 4.69) is 12.2 Å². The number of rotatable bonds is 4. The van der Waals surface area contributed by atoms with Crippen LogP contribution in [0.3, 0.4) is 0 Å². The summed E-state index contributed by atoms with van der Waals surface area (Å²) in [5.74, 6) is 0. The Kier molecular flexibility index (Phi) is 21.0. The second-order valence-corrected chi connectivity index (χ2v) is 3.56. The Balaban J connectivity index is -0.000000233. The molecule has 106 valence electrons. The van der Waals surface area contributed by atoms with E-state index in [9.17, 15) is 0 Å². The maximum Gasteiger partial charge on any atom is 2.00 e. The topological polar surface area (TPSA) is 40.5 Å². The minimum atomic E-state index is 0. The van der Waals surface area contributed by atoms with Crippen LogP contribution >= 0.6 is 24.8 Å². The van der Waals surface area contributed by atoms with E-state index in [0.717, 1.165) is 36.8 Å². The summed E-state index contributed by atoms with van der Waals surface area (Å²) in [6, 6.07) is 0. The van der Waals surface area contributed by atoms with Gasteiger partial charge < -0.3 is 10.2 Å². The normalized spacial score (nSPS) is 14.2. The van der Waals surface area contributed by atoms with Gasteiger partial charge in [-0.05, 0) is 12.8 Å². The van der Waals surface area contributed by atoms with Gasteiger partial charge in [-0.3, -0.25) is 12.2 Å². The van der Waals surface area contributed by atoms with E-state index >= 15 is 0 Å². The quantitative estimate of drug-likeness (QED) is 0.734. The fraction of sp³-hybridized carbons (Fsp3) is 0.429. The molecule has 0 bridgehead atoms. The third-order valence-electron chi connectivity index (χ3n) is 2.29. The van der Waals surface area contributed by atoms with Crippen LogP contribution in [0.5, 0.6) is 0 Å². The van der Waals surface area contributed by atoms with E-state index < -0.39 is 0 Å². The van der Waals surface area contributed by atoms with E-state index in [-0.39, 0.29) is 64.2 Å². The first-order valence-corrected chi connectivity index (χ1v) is 5.61. The summed E-state index contributed by atoms with van der Waals surface area (Å²) in [6.07, 6.45) is 17.7. The standard InChI is InChI=1S/2C7H9O.2ClH.Zr/c2*8-6-5-7-3-1-2-4-7;;;/h2*1,3,8H,2,5-6H2;2*1H;/q2*-1;;;+2. The molecule has 2 N–H and O–H groups in total. The molecule has 0 amide bonds. The van der Waals surface area contributed by atoms with E-state index in [1.165, 1.54) is 0 Å². The zero-order valence-corrected chi connectivity index (χ0v) is 14.9. The van der Waals surface area contributed by atoms with Crippen LogP contribution < -0.4 is 0 Å². The molecule has 0 atom stereocenters. The minimum Gasteiger partial charge on any atom is -0.396 e. The van der Waals surface area contributed by atoms with Crippen molar-refractivity contribution in [1.82, 2.24) is 0 Å². The summed E-state index contributed by atoms with van der Waals surface area (Å²) in [7, 11) is 0. The van der Waals surface area contributed by atoms with Crippen LogP contribution in [0.2, 0.25) is 0 Å². The molecule has 0 saturated carbocycles. The summed E-state index contributed by atoms with van der Waals surface area (Å²) in [5.41, 5.74) is 2.29. The molecule has 2 rings (SSSR count). The maximum absolute atomic E-state index is 8.43. The Bertz CT molecular complexity index is 291. The third-order valence-corrected chi connectivity index (χ3v) is 2.29. The Hall–Kier alpha value is 0.343. The van der Waals surface area contributed by atoms with Crippen molar-refractivity contribution in [3.8, 4) is 0 Å². The van der Waals surface area contributed by atoms with Crippen LogP contribution in [0.15, 0.2) is 35.5 Å². The molecule has 0 heterocycles. The zero-order valence-electron chi connectivity index (χ0n) is 10.8. The SMILES string of the molecule is Cl.Cl.OCCC1=[C-]CC=C1.OCCC1=[C-]CC=C1.[Zr+2]. The van der Waals surface area contributed by atoms with Gasteiger partial charge in [-0.1, -0.05) is 0 Å². The third kappa shape index (κ3) is 11.8. The van der Waals surface area contributed by atoms with Gasteiger partial charge in [0, 0.05) is 13.2 Å². The number of halogens is 2. The van der Waals surface area contributed by atoms with Crippen LogP contribution in [-0.2, 0) is 26.2 Å². The first kappa shape index (κ1) is 24.4. The summed E-state index contributed by atoms with van der Waals surface area (Å²) in [6.45, 7) is 0.485. The molecule has 5 heteroatoms. The van der Waals surface area contributed by atoms with Gasteiger partial charge in [0.25, 0.3) is 0 Å². The second-order valence-electron chi connectivity index (χ2n) is 3.56. The maximum atomic E-state index is 8.43. The summed E-state index contributed by atoms with van der Waals surface area (Å²) < 4.78 is 0. The molecule has 0 unspecified atom stereocenters. The van der Waals surface area contributed by atoms with Crippen LogP contribution in [-0.4, -0.2) is 23.4 Å². The van der Waals surface area contributed by atoms with Crippen molar-refractivity contribution in [2.24, 2.45) is 0 Å². The monoisotopic (exact) mass is 380 g/mol. The molecule has 2 nitrogen and oxygen atoms in total. The van der Waals surface area contributed by atoms with Gasteiger partial charge in [0.05, 0.1) is 0 Å². The van der Waals surface area contributed by atoms with Gasteiger partial charge in [-0.2, -0.15) is 12.2 Å². The van der Waals surface area contributed by atoms with Crippen LogP contribution in [0.25, 0.3) is 0 Å². The van der Waals surface area contributed by atoms with Gasteiger partial charge in [0.15, 0.2) is 0 Å². The molecule has 0 spiro atoms. The number of allylic oxidation sites excluding steroid dienone is 6. The van der Waals surface area contributed by atoms with Gasteiger partial charge in [-0.15, -0.1) is 37.7 Å². The van der Waals surface area contributed by atoms with Crippen molar-refractivity contribution in [3.05, 3.63) is 47.6 Å². The average molecular weight is 382 g/mol. The molecule has 0 aromatic heterocycles. The first-order chi connectivity index (χ1) is 7.86. The first-order valence-electron chi connectivity index (χ1n) is 5.61. The van der Waals surface area contributed by atoms with E-state index in [4.69, 9.17) is 10.2 Å². The van der Waals surface area contributed by atoms with Gasteiger partial charge >= 0.3 is 26.2 Å². The predicted molar refractivity (Wildman–Crippen MR) is 78.9 cm³/mol. The molecular weight excluding hydrogens is 362 g/mol. The Morgan fingerprint density at radius 2 is 1.21 bits per heavy atom. The minimum absolute atomic E-state index is 0. The van der Waals surface area contributed by atoms with Gasteiger partial charge in [0.1, 0.15) is 0 Å². The fourth-order valence-corrected chi connectivity index (χ4v) is 1.48. The molecule has 0 saturated heterocycles. The van der Waals surface area contributed by atoms with E-state index in [0.29, 0.717) is 0 Å². The van der Waals surface area contributed by atoms with E-state index in [1.807, 2.05) is 24.3 Å². The number of hydrogen-bond donors (Lipinski definition) is 2. The molecular formula is C14H20Cl2O2Zr. The van der Waals surface area contributed by atoms with Crippen molar-refractivity contribution in [2.45, 2.75) is 25.7 Å². The molecule has 0 aromatic carbocycles. The van der Waals surface area contributed by atoms with Gasteiger partial charge in [0.2, 0.25) is 0 Å². The summed E-state index contributed by atoms with van der Waals surface area (Å²) >= 11 is 0. The number of aliphatic hydroxyl groups is 2. The molecule has 0 aliphatic heterocycles. The summed E-state index contributed by atoms with van der Waals surface area (Å²) in [5, 5.41) is 16.9. The van der Waals surface area contributed by atoms with Crippen molar-refractivity contribution >= 4 is 24.8 Å². The van der Waals surface area contributed by atoms with Crippen LogP contribution in [0, 0.1) is 12.2 Å².